The van der Waals surface area contributed by atoms with Crippen molar-refractivity contribution < 1.29 is 4.74 Å². The standard InChI is InChI=1S/C17H17Cl2NO.ClH/c1-2-9-20-11-13-5-3-4-6-17(13)21-12-14-7-8-15(18)10-16(14)19;/h2-8,10,20H,1,9,11-12H2;1H. The summed E-state index contributed by atoms with van der Waals surface area (Å²) in [6.07, 6.45) is 1.83. The van der Waals surface area contributed by atoms with E-state index < -0.39 is 0 Å². The van der Waals surface area contributed by atoms with E-state index in [1.807, 2.05) is 42.5 Å². The Morgan fingerprint density at radius 1 is 1.09 bits per heavy atom. The first kappa shape index (κ1) is 18.9. The fraction of sp³-hybridized carbons (Fsp3) is 0.176. The van der Waals surface area contributed by atoms with Crippen LogP contribution in [0.4, 0.5) is 0 Å². The Hall–Kier alpha value is -1.19. The molecule has 0 unspecified atom stereocenters. The minimum absolute atomic E-state index is 0. The first-order valence-corrected chi connectivity index (χ1v) is 7.42. The van der Waals surface area contributed by atoms with Crippen LogP contribution in [0.1, 0.15) is 11.1 Å². The molecule has 0 aromatic heterocycles. The highest BCUT2D eigenvalue weighted by Crippen LogP contribution is 2.24. The zero-order valence-electron chi connectivity index (χ0n) is 12.0. The van der Waals surface area contributed by atoms with Crippen LogP contribution < -0.4 is 10.1 Å². The Labute approximate surface area is 147 Å². The maximum atomic E-state index is 6.15. The molecule has 0 heterocycles. The zero-order valence-corrected chi connectivity index (χ0v) is 14.3. The predicted molar refractivity (Wildman–Crippen MR) is 96.4 cm³/mol. The molecule has 0 saturated carbocycles. The molecule has 0 spiro atoms. The summed E-state index contributed by atoms with van der Waals surface area (Å²) in [5.41, 5.74) is 2.01. The third-order valence-electron chi connectivity index (χ3n) is 2.98. The van der Waals surface area contributed by atoms with Crippen LogP contribution in [0.2, 0.25) is 10.0 Å². The monoisotopic (exact) mass is 357 g/mol. The highest BCUT2D eigenvalue weighted by molar-refractivity contribution is 6.35. The van der Waals surface area contributed by atoms with Gasteiger partial charge in [0.15, 0.2) is 0 Å². The summed E-state index contributed by atoms with van der Waals surface area (Å²) < 4.78 is 5.88. The van der Waals surface area contributed by atoms with E-state index in [-0.39, 0.29) is 12.4 Å². The van der Waals surface area contributed by atoms with Gasteiger partial charge in [-0.25, -0.2) is 0 Å². The van der Waals surface area contributed by atoms with Crippen molar-refractivity contribution >= 4 is 35.6 Å². The van der Waals surface area contributed by atoms with Crippen molar-refractivity contribution in [1.29, 1.82) is 0 Å². The van der Waals surface area contributed by atoms with Gasteiger partial charge in [-0.3, -0.25) is 0 Å². The number of benzene rings is 2. The molecule has 0 amide bonds. The topological polar surface area (TPSA) is 21.3 Å². The number of para-hydroxylation sites is 1. The fourth-order valence-electron chi connectivity index (χ4n) is 1.89. The van der Waals surface area contributed by atoms with E-state index in [1.54, 1.807) is 6.07 Å². The summed E-state index contributed by atoms with van der Waals surface area (Å²) in [7, 11) is 0. The summed E-state index contributed by atoms with van der Waals surface area (Å²) >= 11 is 12.0. The predicted octanol–water partition coefficient (Wildman–Crippen LogP) is 5.27. The van der Waals surface area contributed by atoms with Gasteiger partial charge in [0.1, 0.15) is 12.4 Å². The van der Waals surface area contributed by atoms with E-state index in [1.165, 1.54) is 0 Å². The first-order valence-electron chi connectivity index (χ1n) is 6.67. The molecule has 0 radical (unpaired) electrons. The molecule has 2 aromatic rings. The SMILES string of the molecule is C=CCNCc1ccccc1OCc1ccc(Cl)cc1Cl.Cl. The second kappa shape index (κ2) is 9.75. The second-order valence-electron chi connectivity index (χ2n) is 4.55. The van der Waals surface area contributed by atoms with Gasteiger partial charge in [-0.15, -0.1) is 19.0 Å². The van der Waals surface area contributed by atoms with Gasteiger partial charge in [0.05, 0.1) is 0 Å². The lowest BCUT2D eigenvalue weighted by Gasteiger charge is -2.12. The summed E-state index contributed by atoms with van der Waals surface area (Å²) in [5.74, 6) is 0.847. The maximum absolute atomic E-state index is 6.15. The molecule has 0 bridgehead atoms. The highest BCUT2D eigenvalue weighted by atomic mass is 35.5. The Morgan fingerprint density at radius 3 is 2.59 bits per heavy atom. The van der Waals surface area contributed by atoms with Crippen molar-refractivity contribution in [3.8, 4) is 5.75 Å². The van der Waals surface area contributed by atoms with Crippen molar-refractivity contribution in [2.45, 2.75) is 13.2 Å². The van der Waals surface area contributed by atoms with E-state index in [2.05, 4.69) is 11.9 Å². The number of hydrogen-bond donors (Lipinski definition) is 1. The van der Waals surface area contributed by atoms with Crippen LogP contribution in [0.15, 0.2) is 55.1 Å². The number of hydrogen-bond acceptors (Lipinski definition) is 2. The summed E-state index contributed by atoms with van der Waals surface area (Å²) in [5, 5.41) is 4.51. The van der Waals surface area contributed by atoms with Crippen molar-refractivity contribution in [3.63, 3.8) is 0 Å². The second-order valence-corrected chi connectivity index (χ2v) is 5.40. The third kappa shape index (κ3) is 5.54. The Balaban J connectivity index is 0.00000242. The van der Waals surface area contributed by atoms with E-state index in [0.29, 0.717) is 16.7 Å². The average molecular weight is 359 g/mol. The lowest BCUT2D eigenvalue weighted by Crippen LogP contribution is -2.13. The molecule has 0 aliphatic carbocycles. The molecule has 118 valence electrons. The van der Waals surface area contributed by atoms with Crippen molar-refractivity contribution in [1.82, 2.24) is 5.32 Å². The Morgan fingerprint density at radius 2 is 1.86 bits per heavy atom. The van der Waals surface area contributed by atoms with Crippen LogP contribution >= 0.6 is 35.6 Å². The molecule has 0 aliphatic heterocycles. The number of nitrogens with one attached hydrogen (secondary N) is 1. The summed E-state index contributed by atoms with van der Waals surface area (Å²) in [4.78, 5) is 0. The molecule has 2 rings (SSSR count). The lowest BCUT2D eigenvalue weighted by molar-refractivity contribution is 0.302. The summed E-state index contributed by atoms with van der Waals surface area (Å²) in [6, 6.07) is 13.3. The van der Waals surface area contributed by atoms with E-state index in [9.17, 15) is 0 Å². The van der Waals surface area contributed by atoms with Gasteiger partial charge in [-0.05, 0) is 18.2 Å². The number of rotatable bonds is 7. The van der Waals surface area contributed by atoms with Crippen LogP contribution in [-0.2, 0) is 13.2 Å². The van der Waals surface area contributed by atoms with Crippen LogP contribution in [0, 0.1) is 0 Å². The minimum atomic E-state index is 0. The van der Waals surface area contributed by atoms with Crippen LogP contribution in [0.5, 0.6) is 5.75 Å². The molecule has 1 N–H and O–H groups in total. The molecule has 5 heteroatoms. The zero-order chi connectivity index (χ0) is 15.1. The van der Waals surface area contributed by atoms with Gasteiger partial charge < -0.3 is 10.1 Å². The molecule has 22 heavy (non-hydrogen) atoms. The third-order valence-corrected chi connectivity index (χ3v) is 3.56. The van der Waals surface area contributed by atoms with Crippen molar-refractivity contribution in [2.75, 3.05) is 6.54 Å². The fourth-order valence-corrected chi connectivity index (χ4v) is 2.36. The van der Waals surface area contributed by atoms with Crippen molar-refractivity contribution in [2.24, 2.45) is 0 Å². The molecular weight excluding hydrogens is 341 g/mol. The normalized spacial score (nSPS) is 9.91. The van der Waals surface area contributed by atoms with Gasteiger partial charge in [0.2, 0.25) is 0 Å². The molecular formula is C17H18Cl3NO. The van der Waals surface area contributed by atoms with E-state index >= 15 is 0 Å². The molecule has 0 saturated heterocycles. The van der Waals surface area contributed by atoms with Gasteiger partial charge in [-0.1, -0.05) is 53.5 Å². The van der Waals surface area contributed by atoms with E-state index in [0.717, 1.165) is 30.0 Å². The highest BCUT2D eigenvalue weighted by Gasteiger charge is 2.05. The Bertz CT molecular complexity index is 617. The van der Waals surface area contributed by atoms with Crippen LogP contribution in [-0.4, -0.2) is 6.54 Å². The summed E-state index contributed by atoms with van der Waals surface area (Å²) in [6.45, 7) is 5.59. The van der Waals surface area contributed by atoms with Crippen molar-refractivity contribution in [3.05, 3.63) is 76.3 Å². The van der Waals surface area contributed by atoms with Gasteiger partial charge in [0.25, 0.3) is 0 Å². The van der Waals surface area contributed by atoms with Crippen LogP contribution in [0.25, 0.3) is 0 Å². The Kier molecular flexibility index (Phi) is 8.36. The number of ether oxygens (including phenoxy) is 1. The maximum Gasteiger partial charge on any atom is 0.124 e. The largest absolute Gasteiger partial charge is 0.489 e. The van der Waals surface area contributed by atoms with E-state index in [4.69, 9.17) is 27.9 Å². The molecule has 0 fully saturated rings. The van der Waals surface area contributed by atoms with Gasteiger partial charge in [0, 0.05) is 34.3 Å². The van der Waals surface area contributed by atoms with Crippen LogP contribution in [0.3, 0.4) is 0 Å². The molecule has 0 aliphatic rings. The van der Waals surface area contributed by atoms with Gasteiger partial charge >= 0.3 is 0 Å². The molecule has 2 aromatic carbocycles. The number of halogens is 3. The average Bonchev–Trinajstić information content (AvgIpc) is 2.48. The molecule has 0 atom stereocenters. The lowest BCUT2D eigenvalue weighted by atomic mass is 10.2. The minimum Gasteiger partial charge on any atom is -0.489 e. The van der Waals surface area contributed by atoms with Gasteiger partial charge in [-0.2, -0.15) is 0 Å². The first-order chi connectivity index (χ1) is 10.2. The quantitative estimate of drug-likeness (QED) is 0.538. The molecule has 2 nitrogen and oxygen atoms in total. The smallest absolute Gasteiger partial charge is 0.124 e.